The molecule has 0 aliphatic rings. The average Bonchev–Trinajstić information content (AvgIpc) is 3.43. The molecular formula is C71H116O6. The zero-order chi connectivity index (χ0) is 55.7. The van der Waals surface area contributed by atoms with Crippen molar-refractivity contribution in [2.24, 2.45) is 0 Å². The van der Waals surface area contributed by atoms with Crippen LogP contribution in [0, 0.1) is 0 Å². The molecule has 0 N–H and O–H groups in total. The van der Waals surface area contributed by atoms with Crippen LogP contribution in [0.2, 0.25) is 0 Å². The maximum atomic E-state index is 12.9. The van der Waals surface area contributed by atoms with Gasteiger partial charge in [0.2, 0.25) is 0 Å². The van der Waals surface area contributed by atoms with Crippen molar-refractivity contribution in [3.63, 3.8) is 0 Å². The van der Waals surface area contributed by atoms with E-state index in [1.165, 1.54) is 83.5 Å². The summed E-state index contributed by atoms with van der Waals surface area (Å²) in [4.78, 5) is 38.3. The molecule has 0 saturated heterocycles. The Morgan fingerprint density at radius 2 is 0.506 bits per heavy atom. The summed E-state index contributed by atoms with van der Waals surface area (Å²) in [5.74, 6) is -0.917. The quantitative estimate of drug-likeness (QED) is 0.0261. The van der Waals surface area contributed by atoms with Gasteiger partial charge in [-0.1, -0.05) is 276 Å². The summed E-state index contributed by atoms with van der Waals surface area (Å²) in [7, 11) is 0. The largest absolute Gasteiger partial charge is 0.462 e. The predicted molar refractivity (Wildman–Crippen MR) is 334 cm³/mol. The van der Waals surface area contributed by atoms with Gasteiger partial charge in [0.25, 0.3) is 0 Å². The number of unbranched alkanes of at least 4 members (excludes halogenated alkanes) is 23. The number of rotatable bonds is 56. The Balaban J connectivity index is 4.36. The summed E-state index contributed by atoms with van der Waals surface area (Å²) in [6.07, 6.45) is 90.2. The Kier molecular flexibility index (Phi) is 60.4. The highest BCUT2D eigenvalue weighted by molar-refractivity contribution is 5.71. The first-order valence-corrected chi connectivity index (χ1v) is 31.7. The van der Waals surface area contributed by atoms with Gasteiger partial charge in [0.15, 0.2) is 6.10 Å². The minimum Gasteiger partial charge on any atom is -0.462 e. The van der Waals surface area contributed by atoms with Gasteiger partial charge in [-0.25, -0.2) is 0 Å². The second-order valence-corrected chi connectivity index (χ2v) is 20.6. The smallest absolute Gasteiger partial charge is 0.306 e. The molecule has 0 aliphatic carbocycles. The van der Waals surface area contributed by atoms with Gasteiger partial charge in [0.1, 0.15) is 13.2 Å². The van der Waals surface area contributed by atoms with Crippen LogP contribution in [-0.4, -0.2) is 37.2 Å². The third kappa shape index (κ3) is 62.3. The normalized spacial score (nSPS) is 13.0. The minimum atomic E-state index is -0.796. The summed E-state index contributed by atoms with van der Waals surface area (Å²) < 4.78 is 16.9. The highest BCUT2D eigenvalue weighted by Gasteiger charge is 2.19. The van der Waals surface area contributed by atoms with Crippen molar-refractivity contribution in [3.8, 4) is 0 Å². The van der Waals surface area contributed by atoms with E-state index in [1.54, 1.807) is 0 Å². The molecule has 0 aromatic rings. The molecule has 0 saturated carbocycles. The Hall–Kier alpha value is -4.45. The van der Waals surface area contributed by atoms with Crippen molar-refractivity contribution in [1.29, 1.82) is 0 Å². The number of hydrogen-bond acceptors (Lipinski definition) is 6. The van der Waals surface area contributed by atoms with Crippen LogP contribution in [0.15, 0.2) is 134 Å². The van der Waals surface area contributed by atoms with Gasteiger partial charge >= 0.3 is 17.9 Å². The standard InChI is InChI=1S/C71H116O6/c1-4-7-10-13-16-19-22-24-26-28-30-32-33-34-35-36-37-39-40-42-44-46-49-52-55-58-61-64-70(73)76-67-68(66-75-69(72)63-60-57-54-51-48-21-18-15-12-9-6-3)77-71(74)65-62-59-56-53-50-47-45-43-41-38-31-29-27-25-23-20-17-14-11-8-5-2/h7-8,10-11,16-17,19-20,24-27,30-32,34-35,37-39,43,45,68H,4-6,9,12-15,18,21-23,28-29,33,36,40-42,44,46-67H2,1-3H3/b10-7-,11-8-,19-16-,20-17-,26-24-,27-25-,32-30-,35-34-,38-31-,39-37-,45-43-. The zero-order valence-corrected chi connectivity index (χ0v) is 49.9. The molecule has 6 nitrogen and oxygen atoms in total. The Morgan fingerprint density at radius 3 is 0.792 bits per heavy atom. The van der Waals surface area contributed by atoms with Gasteiger partial charge < -0.3 is 14.2 Å². The lowest BCUT2D eigenvalue weighted by Crippen LogP contribution is -2.30. The molecule has 0 radical (unpaired) electrons. The molecule has 0 amide bonds. The number of ether oxygens (including phenoxy) is 3. The van der Waals surface area contributed by atoms with Crippen LogP contribution in [-0.2, 0) is 28.6 Å². The highest BCUT2D eigenvalue weighted by atomic mass is 16.6. The van der Waals surface area contributed by atoms with Crippen molar-refractivity contribution < 1.29 is 28.6 Å². The second kappa shape index (κ2) is 64.1. The van der Waals surface area contributed by atoms with Crippen LogP contribution in [0.3, 0.4) is 0 Å². The van der Waals surface area contributed by atoms with Gasteiger partial charge in [-0.15, -0.1) is 0 Å². The van der Waals surface area contributed by atoms with E-state index in [9.17, 15) is 14.4 Å². The van der Waals surface area contributed by atoms with Gasteiger partial charge in [-0.2, -0.15) is 0 Å². The zero-order valence-electron chi connectivity index (χ0n) is 49.9. The summed E-state index contributed by atoms with van der Waals surface area (Å²) in [6, 6.07) is 0. The highest BCUT2D eigenvalue weighted by Crippen LogP contribution is 2.15. The SMILES string of the molecule is CC/C=C\C/C=C\C/C=C\C/C=C\C/C=C\C/C=C\CCCCCCCCCCC(=O)OCC(COC(=O)CCCCCCCCCCCCC)OC(=O)CCCCCCC/C=C\C/C=C\C/C=C\C/C=C\C/C=C\CC. The molecule has 1 atom stereocenters. The lowest BCUT2D eigenvalue weighted by Gasteiger charge is -2.18. The molecule has 0 aromatic heterocycles. The molecule has 0 rings (SSSR count). The first-order valence-electron chi connectivity index (χ1n) is 31.7. The molecule has 0 aromatic carbocycles. The fourth-order valence-corrected chi connectivity index (χ4v) is 8.47. The summed E-state index contributed by atoms with van der Waals surface area (Å²) >= 11 is 0. The number of hydrogen-bond donors (Lipinski definition) is 0. The summed E-state index contributed by atoms with van der Waals surface area (Å²) in [5, 5.41) is 0. The first-order chi connectivity index (χ1) is 38.0. The van der Waals surface area contributed by atoms with E-state index >= 15 is 0 Å². The molecule has 6 heteroatoms. The van der Waals surface area contributed by atoms with Crippen LogP contribution >= 0.6 is 0 Å². The molecule has 0 fully saturated rings. The van der Waals surface area contributed by atoms with Crippen LogP contribution < -0.4 is 0 Å². The van der Waals surface area contributed by atoms with E-state index in [-0.39, 0.29) is 31.1 Å². The second-order valence-electron chi connectivity index (χ2n) is 20.6. The fraction of sp³-hybridized carbons (Fsp3) is 0.648. The molecule has 0 bridgehead atoms. The fourth-order valence-electron chi connectivity index (χ4n) is 8.47. The lowest BCUT2D eigenvalue weighted by atomic mass is 10.1. The molecule has 0 spiro atoms. The number of carbonyl (C=O) groups excluding carboxylic acids is 3. The van der Waals surface area contributed by atoms with Crippen LogP contribution in [0.25, 0.3) is 0 Å². The molecule has 436 valence electrons. The minimum absolute atomic E-state index is 0.0902. The van der Waals surface area contributed by atoms with Gasteiger partial charge in [-0.3, -0.25) is 14.4 Å². The summed E-state index contributed by atoms with van der Waals surface area (Å²) in [5.41, 5.74) is 0. The monoisotopic (exact) mass is 1060 g/mol. The maximum Gasteiger partial charge on any atom is 0.306 e. The third-order valence-electron chi connectivity index (χ3n) is 13.2. The van der Waals surface area contributed by atoms with E-state index in [1.807, 2.05) is 0 Å². The molecule has 1 unspecified atom stereocenters. The topological polar surface area (TPSA) is 78.9 Å². The van der Waals surface area contributed by atoms with E-state index in [2.05, 4.69) is 154 Å². The van der Waals surface area contributed by atoms with Gasteiger partial charge in [-0.05, 0) is 116 Å². The van der Waals surface area contributed by atoms with Crippen molar-refractivity contribution in [2.75, 3.05) is 13.2 Å². The number of carbonyl (C=O) groups is 3. The van der Waals surface area contributed by atoms with Crippen molar-refractivity contribution in [2.45, 2.75) is 284 Å². The van der Waals surface area contributed by atoms with Crippen LogP contribution in [0.4, 0.5) is 0 Å². The van der Waals surface area contributed by atoms with E-state index in [0.29, 0.717) is 19.3 Å². The van der Waals surface area contributed by atoms with Crippen molar-refractivity contribution in [3.05, 3.63) is 134 Å². The lowest BCUT2D eigenvalue weighted by molar-refractivity contribution is -0.167. The molecule has 0 heterocycles. The number of esters is 3. The van der Waals surface area contributed by atoms with E-state index < -0.39 is 6.10 Å². The molecule has 0 aliphatic heterocycles. The summed E-state index contributed by atoms with van der Waals surface area (Å²) in [6.45, 7) is 6.39. The average molecular weight is 1070 g/mol. The van der Waals surface area contributed by atoms with Gasteiger partial charge in [0, 0.05) is 19.3 Å². The van der Waals surface area contributed by atoms with Crippen LogP contribution in [0.5, 0.6) is 0 Å². The van der Waals surface area contributed by atoms with Crippen LogP contribution in [0.1, 0.15) is 278 Å². The first kappa shape index (κ1) is 72.5. The maximum absolute atomic E-state index is 12.9. The molecule has 77 heavy (non-hydrogen) atoms. The van der Waals surface area contributed by atoms with E-state index in [0.717, 1.165) is 154 Å². The Labute approximate surface area is 475 Å². The molecular weight excluding hydrogens is 949 g/mol. The third-order valence-corrected chi connectivity index (χ3v) is 13.2. The van der Waals surface area contributed by atoms with Crippen molar-refractivity contribution >= 4 is 17.9 Å². The van der Waals surface area contributed by atoms with E-state index in [4.69, 9.17) is 14.2 Å². The number of allylic oxidation sites excluding steroid dienone is 22. The van der Waals surface area contributed by atoms with Crippen molar-refractivity contribution in [1.82, 2.24) is 0 Å². The Morgan fingerprint density at radius 1 is 0.273 bits per heavy atom. The van der Waals surface area contributed by atoms with Gasteiger partial charge in [0.05, 0.1) is 0 Å². The Bertz CT molecular complexity index is 1650. The predicted octanol–water partition coefficient (Wildman–Crippen LogP) is 21.8.